The molecule has 1 aliphatic heterocycles. The standard InChI is InChI=1S/C18H28N2O/c1-17(2)11-6-12-20(17)13-18(14-21,19-16-9-10-16)15-7-4-3-5-8-15/h3-5,7-8,16,19,21H,6,9-14H2,1-2H3. The molecule has 3 rings (SSSR count). The molecular formula is C18H28N2O. The third-order valence-electron chi connectivity index (χ3n) is 5.19. The Kier molecular flexibility index (Phi) is 4.08. The highest BCUT2D eigenvalue weighted by atomic mass is 16.3. The van der Waals surface area contributed by atoms with Crippen molar-refractivity contribution in [3.05, 3.63) is 35.9 Å². The molecule has 0 aromatic heterocycles. The Labute approximate surface area is 128 Å². The van der Waals surface area contributed by atoms with Crippen LogP contribution in [0.4, 0.5) is 0 Å². The van der Waals surface area contributed by atoms with Crippen LogP contribution in [0, 0.1) is 0 Å². The fraction of sp³-hybridized carbons (Fsp3) is 0.667. The number of likely N-dealkylation sites (tertiary alicyclic amines) is 1. The van der Waals surface area contributed by atoms with Gasteiger partial charge in [-0.25, -0.2) is 0 Å². The molecule has 1 unspecified atom stereocenters. The van der Waals surface area contributed by atoms with E-state index in [1.54, 1.807) is 0 Å². The van der Waals surface area contributed by atoms with E-state index in [1.807, 2.05) is 6.07 Å². The van der Waals surface area contributed by atoms with Crippen molar-refractivity contribution < 1.29 is 5.11 Å². The number of hydrogen-bond donors (Lipinski definition) is 2. The van der Waals surface area contributed by atoms with Crippen molar-refractivity contribution in [1.29, 1.82) is 0 Å². The molecule has 0 radical (unpaired) electrons. The molecule has 0 amide bonds. The molecule has 1 aliphatic carbocycles. The van der Waals surface area contributed by atoms with Crippen molar-refractivity contribution in [1.82, 2.24) is 10.2 Å². The molecule has 3 nitrogen and oxygen atoms in total. The number of benzene rings is 1. The molecule has 1 heterocycles. The first-order valence-corrected chi connectivity index (χ1v) is 8.25. The van der Waals surface area contributed by atoms with Crippen LogP contribution in [0.25, 0.3) is 0 Å². The maximum Gasteiger partial charge on any atom is 0.0800 e. The Morgan fingerprint density at radius 2 is 2.00 bits per heavy atom. The van der Waals surface area contributed by atoms with Gasteiger partial charge in [-0.05, 0) is 51.6 Å². The second kappa shape index (κ2) is 5.71. The number of nitrogens with zero attached hydrogens (tertiary/aromatic N) is 1. The predicted octanol–water partition coefficient (Wildman–Crippen LogP) is 2.50. The number of rotatable bonds is 6. The largest absolute Gasteiger partial charge is 0.394 e. The van der Waals surface area contributed by atoms with Gasteiger partial charge in [0, 0.05) is 18.1 Å². The first-order chi connectivity index (χ1) is 10.1. The van der Waals surface area contributed by atoms with Crippen LogP contribution in [0.5, 0.6) is 0 Å². The Morgan fingerprint density at radius 3 is 2.52 bits per heavy atom. The molecule has 1 saturated carbocycles. The van der Waals surface area contributed by atoms with E-state index in [2.05, 4.69) is 48.3 Å². The van der Waals surface area contributed by atoms with Crippen LogP contribution in [0.3, 0.4) is 0 Å². The van der Waals surface area contributed by atoms with Crippen LogP contribution in [0.2, 0.25) is 0 Å². The molecule has 0 bridgehead atoms. The third kappa shape index (κ3) is 3.15. The van der Waals surface area contributed by atoms with E-state index in [0.717, 1.165) is 13.1 Å². The normalized spacial score (nSPS) is 24.9. The van der Waals surface area contributed by atoms with Crippen molar-refractivity contribution in [2.75, 3.05) is 19.7 Å². The summed E-state index contributed by atoms with van der Waals surface area (Å²) >= 11 is 0. The zero-order valence-corrected chi connectivity index (χ0v) is 13.3. The van der Waals surface area contributed by atoms with Crippen LogP contribution in [0.15, 0.2) is 30.3 Å². The second-order valence-corrected chi connectivity index (χ2v) is 7.36. The number of hydrogen-bond acceptors (Lipinski definition) is 3. The lowest BCUT2D eigenvalue weighted by molar-refractivity contribution is 0.0728. The Morgan fingerprint density at radius 1 is 1.29 bits per heavy atom. The molecule has 2 fully saturated rings. The number of nitrogens with one attached hydrogen (secondary N) is 1. The maximum absolute atomic E-state index is 10.2. The van der Waals surface area contributed by atoms with Crippen molar-refractivity contribution in [2.45, 2.75) is 56.7 Å². The van der Waals surface area contributed by atoms with Crippen molar-refractivity contribution in [3.63, 3.8) is 0 Å². The second-order valence-electron chi connectivity index (χ2n) is 7.36. The van der Waals surface area contributed by atoms with Gasteiger partial charge in [0.2, 0.25) is 0 Å². The van der Waals surface area contributed by atoms with Gasteiger partial charge in [-0.2, -0.15) is 0 Å². The predicted molar refractivity (Wildman–Crippen MR) is 86.2 cm³/mol. The minimum atomic E-state index is -0.329. The van der Waals surface area contributed by atoms with Gasteiger partial charge in [0.1, 0.15) is 0 Å². The minimum Gasteiger partial charge on any atom is -0.394 e. The molecule has 1 aromatic carbocycles. The molecule has 1 saturated heterocycles. The Hall–Kier alpha value is -0.900. The summed E-state index contributed by atoms with van der Waals surface area (Å²) in [5.74, 6) is 0. The number of aliphatic hydroxyl groups excluding tert-OH is 1. The van der Waals surface area contributed by atoms with Crippen molar-refractivity contribution in [2.24, 2.45) is 0 Å². The highest BCUT2D eigenvalue weighted by Gasteiger charge is 2.42. The third-order valence-corrected chi connectivity index (χ3v) is 5.19. The molecule has 1 atom stereocenters. The summed E-state index contributed by atoms with van der Waals surface area (Å²) in [6.07, 6.45) is 4.97. The summed E-state index contributed by atoms with van der Waals surface area (Å²) in [6.45, 7) is 6.82. The van der Waals surface area contributed by atoms with Crippen LogP contribution in [-0.4, -0.2) is 41.3 Å². The topological polar surface area (TPSA) is 35.5 Å². The van der Waals surface area contributed by atoms with Gasteiger partial charge in [0.25, 0.3) is 0 Å². The van der Waals surface area contributed by atoms with Crippen LogP contribution in [-0.2, 0) is 5.54 Å². The molecule has 2 N–H and O–H groups in total. The van der Waals surface area contributed by atoms with Crippen molar-refractivity contribution in [3.8, 4) is 0 Å². The maximum atomic E-state index is 10.2. The zero-order valence-electron chi connectivity index (χ0n) is 13.3. The quantitative estimate of drug-likeness (QED) is 0.844. The van der Waals surface area contributed by atoms with Gasteiger partial charge >= 0.3 is 0 Å². The van der Waals surface area contributed by atoms with E-state index in [4.69, 9.17) is 0 Å². The van der Waals surface area contributed by atoms with E-state index < -0.39 is 0 Å². The SMILES string of the molecule is CC1(C)CCCN1CC(CO)(NC1CC1)c1ccccc1. The van der Waals surface area contributed by atoms with Gasteiger partial charge in [-0.3, -0.25) is 4.90 Å². The van der Waals surface area contributed by atoms with Gasteiger partial charge < -0.3 is 10.4 Å². The molecule has 116 valence electrons. The average molecular weight is 288 g/mol. The summed E-state index contributed by atoms with van der Waals surface area (Å²) in [5.41, 5.74) is 1.12. The molecular weight excluding hydrogens is 260 g/mol. The molecule has 2 aliphatic rings. The molecule has 1 aromatic rings. The Bertz CT molecular complexity index is 469. The molecule has 0 spiro atoms. The van der Waals surface area contributed by atoms with E-state index in [0.29, 0.717) is 6.04 Å². The lowest BCUT2D eigenvalue weighted by atomic mass is 9.88. The van der Waals surface area contributed by atoms with E-state index >= 15 is 0 Å². The summed E-state index contributed by atoms with van der Waals surface area (Å²) in [4.78, 5) is 2.55. The summed E-state index contributed by atoms with van der Waals surface area (Å²) in [6, 6.07) is 11.1. The van der Waals surface area contributed by atoms with E-state index in [9.17, 15) is 5.11 Å². The molecule has 3 heteroatoms. The summed E-state index contributed by atoms with van der Waals surface area (Å²) in [5, 5.41) is 14.0. The first kappa shape index (κ1) is 15.0. The molecule has 21 heavy (non-hydrogen) atoms. The van der Waals surface area contributed by atoms with Gasteiger partial charge in [0.05, 0.1) is 12.1 Å². The van der Waals surface area contributed by atoms with Gasteiger partial charge in [0.15, 0.2) is 0 Å². The summed E-state index contributed by atoms with van der Waals surface area (Å²) in [7, 11) is 0. The van der Waals surface area contributed by atoms with Gasteiger partial charge in [-0.1, -0.05) is 30.3 Å². The zero-order chi connectivity index (χ0) is 14.9. The fourth-order valence-electron chi connectivity index (χ4n) is 3.56. The highest BCUT2D eigenvalue weighted by molar-refractivity contribution is 5.26. The monoisotopic (exact) mass is 288 g/mol. The van der Waals surface area contributed by atoms with E-state index in [-0.39, 0.29) is 17.7 Å². The van der Waals surface area contributed by atoms with Crippen LogP contribution in [0.1, 0.15) is 45.1 Å². The van der Waals surface area contributed by atoms with E-state index in [1.165, 1.54) is 31.2 Å². The van der Waals surface area contributed by atoms with Crippen LogP contribution >= 0.6 is 0 Å². The Balaban J connectivity index is 1.87. The number of aliphatic hydroxyl groups is 1. The van der Waals surface area contributed by atoms with Crippen LogP contribution < -0.4 is 5.32 Å². The smallest absolute Gasteiger partial charge is 0.0800 e. The minimum absolute atomic E-state index is 0.153. The lowest BCUT2D eigenvalue weighted by Gasteiger charge is -2.42. The first-order valence-electron chi connectivity index (χ1n) is 8.25. The van der Waals surface area contributed by atoms with Crippen molar-refractivity contribution >= 4 is 0 Å². The lowest BCUT2D eigenvalue weighted by Crippen LogP contribution is -2.57. The highest BCUT2D eigenvalue weighted by Crippen LogP contribution is 2.34. The summed E-state index contributed by atoms with van der Waals surface area (Å²) < 4.78 is 0. The fourth-order valence-corrected chi connectivity index (χ4v) is 3.56. The van der Waals surface area contributed by atoms with Gasteiger partial charge in [-0.15, -0.1) is 0 Å². The average Bonchev–Trinajstić information content (AvgIpc) is 3.23.